The van der Waals surface area contributed by atoms with Crippen molar-refractivity contribution >= 4 is 27.4 Å². The standard InChI is InChI=1S/C8H13OSi3/c10-12-11-6-5-8-4-2-1-3-7(8)9-8/h7H,1-6H2. The van der Waals surface area contributed by atoms with Crippen LogP contribution in [0.25, 0.3) is 0 Å². The quantitative estimate of drug-likeness (QED) is 0.381. The molecule has 1 saturated heterocycles. The Kier molecular flexibility index (Phi) is 2.89. The Morgan fingerprint density at radius 2 is 2.42 bits per heavy atom. The zero-order chi connectivity index (χ0) is 8.44. The average molecular weight is 209 g/mol. The molecule has 0 aromatic heterocycles. The summed E-state index contributed by atoms with van der Waals surface area (Å²) >= 11 is 0. The van der Waals surface area contributed by atoms with Crippen molar-refractivity contribution in [3.63, 3.8) is 0 Å². The van der Waals surface area contributed by atoms with E-state index in [2.05, 4.69) is 9.76 Å². The molecular weight excluding hydrogens is 196 g/mol. The van der Waals surface area contributed by atoms with E-state index in [1.165, 1.54) is 38.1 Å². The molecule has 2 unspecified atom stereocenters. The second-order valence-corrected chi connectivity index (χ2v) is 8.88. The average Bonchev–Trinajstić information content (AvgIpc) is 2.79. The SMILES string of the molecule is [Si][Si][Si]CCC12CCCCC1O2. The monoisotopic (exact) mass is 209 g/mol. The fourth-order valence-electron chi connectivity index (χ4n) is 2.23. The highest BCUT2D eigenvalue weighted by atomic mass is 29.5. The van der Waals surface area contributed by atoms with E-state index in [-0.39, 0.29) is 0 Å². The molecule has 1 aliphatic heterocycles. The normalized spacial score (nSPS) is 39.2. The highest BCUT2D eigenvalue weighted by molar-refractivity contribution is 7.23. The van der Waals surface area contributed by atoms with Crippen molar-refractivity contribution in [2.75, 3.05) is 0 Å². The molecule has 0 spiro atoms. The van der Waals surface area contributed by atoms with Crippen LogP contribution < -0.4 is 0 Å². The maximum Gasteiger partial charge on any atom is 0.0945 e. The fourth-order valence-corrected chi connectivity index (χ4v) is 4.77. The number of epoxide rings is 1. The number of ether oxygens (including phenoxy) is 1. The maximum atomic E-state index is 5.80. The van der Waals surface area contributed by atoms with E-state index < -0.39 is 0 Å². The van der Waals surface area contributed by atoms with Gasteiger partial charge in [-0.2, -0.15) is 0 Å². The van der Waals surface area contributed by atoms with Gasteiger partial charge in [-0.1, -0.05) is 18.9 Å². The van der Waals surface area contributed by atoms with Crippen LogP contribution in [0.15, 0.2) is 0 Å². The Bertz CT molecular complexity index is 164. The van der Waals surface area contributed by atoms with Crippen LogP contribution in [0.2, 0.25) is 6.04 Å². The molecule has 2 aliphatic rings. The third-order valence-electron chi connectivity index (χ3n) is 2.98. The van der Waals surface area contributed by atoms with Gasteiger partial charge in [-0.05, 0) is 19.3 Å². The molecule has 2 fully saturated rings. The van der Waals surface area contributed by atoms with Crippen molar-refractivity contribution < 1.29 is 4.74 Å². The highest BCUT2D eigenvalue weighted by Crippen LogP contribution is 2.50. The minimum absolute atomic E-state index is 0.386. The molecule has 1 heterocycles. The van der Waals surface area contributed by atoms with Crippen molar-refractivity contribution in [3.05, 3.63) is 0 Å². The zero-order valence-electron chi connectivity index (χ0n) is 7.23. The molecule has 7 radical (unpaired) electrons. The molecule has 4 heteroatoms. The lowest BCUT2D eigenvalue weighted by atomic mass is 9.87. The van der Waals surface area contributed by atoms with E-state index in [1.807, 2.05) is 0 Å². The second kappa shape index (κ2) is 3.77. The zero-order valence-corrected chi connectivity index (χ0v) is 10.2. The van der Waals surface area contributed by atoms with E-state index >= 15 is 0 Å². The van der Waals surface area contributed by atoms with Gasteiger partial charge in [0.2, 0.25) is 0 Å². The summed E-state index contributed by atoms with van der Waals surface area (Å²) in [6.07, 6.45) is 7.46. The van der Waals surface area contributed by atoms with E-state index in [0.29, 0.717) is 11.7 Å². The van der Waals surface area contributed by atoms with Gasteiger partial charge >= 0.3 is 0 Å². The van der Waals surface area contributed by atoms with Crippen LogP contribution in [0, 0.1) is 0 Å². The number of hydrogen-bond acceptors (Lipinski definition) is 1. The maximum absolute atomic E-state index is 5.80. The van der Waals surface area contributed by atoms with Gasteiger partial charge in [-0.15, -0.1) is 0 Å². The van der Waals surface area contributed by atoms with Crippen LogP contribution in [-0.2, 0) is 4.74 Å². The molecule has 2 atom stereocenters. The summed E-state index contributed by atoms with van der Waals surface area (Å²) in [6.45, 7) is 0. The first kappa shape index (κ1) is 9.18. The summed E-state index contributed by atoms with van der Waals surface area (Å²) in [6, 6.07) is 1.37. The third kappa shape index (κ3) is 1.76. The van der Waals surface area contributed by atoms with Crippen molar-refractivity contribution in [1.82, 2.24) is 0 Å². The van der Waals surface area contributed by atoms with Gasteiger partial charge in [0, 0.05) is 27.4 Å². The Labute approximate surface area is 82.3 Å². The largest absolute Gasteiger partial charge is 0.366 e. The Morgan fingerprint density at radius 3 is 3.17 bits per heavy atom. The summed E-state index contributed by atoms with van der Waals surface area (Å²) in [7, 11) is 5.62. The van der Waals surface area contributed by atoms with Crippen LogP contribution in [-0.4, -0.2) is 39.1 Å². The molecule has 0 bridgehead atoms. The Morgan fingerprint density at radius 1 is 1.50 bits per heavy atom. The van der Waals surface area contributed by atoms with E-state index in [9.17, 15) is 0 Å². The molecule has 12 heavy (non-hydrogen) atoms. The minimum atomic E-state index is 0.386. The minimum Gasteiger partial charge on any atom is -0.366 e. The topological polar surface area (TPSA) is 12.5 Å². The van der Waals surface area contributed by atoms with E-state index in [0.717, 1.165) is 17.6 Å². The van der Waals surface area contributed by atoms with Crippen molar-refractivity contribution in [2.24, 2.45) is 0 Å². The van der Waals surface area contributed by atoms with Crippen LogP contribution in [0.4, 0.5) is 0 Å². The first-order chi connectivity index (χ1) is 5.87. The van der Waals surface area contributed by atoms with Gasteiger partial charge in [-0.3, -0.25) is 0 Å². The van der Waals surface area contributed by atoms with Gasteiger partial charge in [-0.25, -0.2) is 0 Å². The molecule has 63 valence electrons. The summed E-state index contributed by atoms with van der Waals surface area (Å²) in [4.78, 5) is 0. The summed E-state index contributed by atoms with van der Waals surface area (Å²) in [5, 5.41) is 0. The lowest BCUT2D eigenvalue weighted by molar-refractivity contribution is 0.279. The number of hydrogen-bond donors (Lipinski definition) is 0. The molecule has 0 aromatic carbocycles. The van der Waals surface area contributed by atoms with Gasteiger partial charge < -0.3 is 4.74 Å². The van der Waals surface area contributed by atoms with E-state index in [4.69, 9.17) is 4.74 Å². The van der Waals surface area contributed by atoms with Crippen molar-refractivity contribution in [2.45, 2.75) is 49.9 Å². The molecule has 1 aliphatic carbocycles. The molecular formula is C8H13OSi3. The lowest BCUT2D eigenvalue weighted by Crippen LogP contribution is -2.20. The predicted octanol–water partition coefficient (Wildman–Crippen LogP) is 0.913. The first-order valence-electron chi connectivity index (χ1n) is 4.70. The van der Waals surface area contributed by atoms with Gasteiger partial charge in [0.05, 0.1) is 11.7 Å². The summed E-state index contributed by atoms with van der Waals surface area (Å²) < 4.78 is 5.80. The van der Waals surface area contributed by atoms with Crippen LogP contribution >= 0.6 is 0 Å². The van der Waals surface area contributed by atoms with Crippen LogP contribution in [0.5, 0.6) is 0 Å². The summed E-state index contributed by atoms with van der Waals surface area (Å²) in [5.41, 5.74) is 0.386. The van der Waals surface area contributed by atoms with Gasteiger partial charge in [0.25, 0.3) is 0 Å². The van der Waals surface area contributed by atoms with Crippen molar-refractivity contribution in [3.8, 4) is 0 Å². The summed E-state index contributed by atoms with van der Waals surface area (Å²) in [5.74, 6) is 0. The van der Waals surface area contributed by atoms with Gasteiger partial charge in [0.1, 0.15) is 0 Å². The smallest absolute Gasteiger partial charge is 0.0945 e. The molecule has 0 amide bonds. The molecule has 2 rings (SSSR count). The fraction of sp³-hybridized carbons (Fsp3) is 1.00. The van der Waals surface area contributed by atoms with Crippen molar-refractivity contribution in [1.29, 1.82) is 0 Å². The number of rotatable bonds is 4. The molecule has 1 nitrogen and oxygen atoms in total. The third-order valence-corrected chi connectivity index (χ3v) is 6.53. The molecule has 0 aromatic rings. The van der Waals surface area contributed by atoms with Crippen LogP contribution in [0.3, 0.4) is 0 Å². The van der Waals surface area contributed by atoms with Crippen LogP contribution in [0.1, 0.15) is 32.1 Å². The lowest BCUT2D eigenvalue weighted by Gasteiger charge is -2.16. The second-order valence-electron chi connectivity index (χ2n) is 3.72. The number of fused-ring (bicyclic) bond motifs is 1. The Hall–Kier alpha value is 0.611. The molecule has 1 saturated carbocycles. The molecule has 0 N–H and O–H groups in total. The predicted molar refractivity (Wildman–Crippen MR) is 52.8 cm³/mol. The first-order valence-corrected chi connectivity index (χ1v) is 9.40. The van der Waals surface area contributed by atoms with Gasteiger partial charge in [0.15, 0.2) is 0 Å². The Balaban J connectivity index is 1.73. The highest BCUT2D eigenvalue weighted by Gasteiger charge is 2.55. The van der Waals surface area contributed by atoms with E-state index in [1.54, 1.807) is 0 Å².